The third-order valence-electron chi connectivity index (χ3n) is 9.47. The summed E-state index contributed by atoms with van der Waals surface area (Å²) >= 11 is 0. The zero-order valence-electron chi connectivity index (χ0n) is 24.4. The van der Waals surface area contributed by atoms with Gasteiger partial charge in [-0.1, -0.05) is 18.2 Å². The molecule has 2 aromatic rings. The number of phenols is 1. The summed E-state index contributed by atoms with van der Waals surface area (Å²) in [5, 5.41) is 46.7. The molecule has 4 aliphatic rings. The minimum atomic E-state index is -5.11. The average Bonchev–Trinajstić information content (AvgIpc) is 3.49. The van der Waals surface area contributed by atoms with Crippen LogP contribution in [0, 0.1) is 11.8 Å². The van der Waals surface area contributed by atoms with E-state index in [2.05, 4.69) is 5.32 Å². The van der Waals surface area contributed by atoms with E-state index >= 15 is 0 Å². The quantitative estimate of drug-likeness (QED) is 0.267. The molecule has 6 rings (SSSR count). The van der Waals surface area contributed by atoms with Gasteiger partial charge in [-0.05, 0) is 66.5 Å². The Labute approximate surface area is 264 Å². The second kappa shape index (κ2) is 11.0. The van der Waals surface area contributed by atoms with Crippen LogP contribution in [0.5, 0.6) is 5.75 Å². The molecule has 3 aliphatic carbocycles. The highest BCUT2D eigenvalue weighted by atomic mass is 19.4. The first-order valence-electron chi connectivity index (χ1n) is 14.7. The molecule has 2 fully saturated rings. The van der Waals surface area contributed by atoms with Crippen molar-refractivity contribution in [1.29, 1.82) is 0 Å². The van der Waals surface area contributed by atoms with Crippen LogP contribution < -0.4 is 11.1 Å². The van der Waals surface area contributed by atoms with Crippen molar-refractivity contribution in [2.75, 3.05) is 11.9 Å². The summed E-state index contributed by atoms with van der Waals surface area (Å²) in [6.45, 7) is -0.195. The molecule has 1 aliphatic heterocycles. The van der Waals surface area contributed by atoms with E-state index in [0.29, 0.717) is 21.6 Å². The smallest absolute Gasteiger partial charge is 0.471 e. The summed E-state index contributed by atoms with van der Waals surface area (Å²) in [5.41, 5.74) is 3.01. The van der Waals surface area contributed by atoms with Gasteiger partial charge in [0.2, 0.25) is 11.7 Å². The number of carbonyl (C=O) groups is 5. The van der Waals surface area contributed by atoms with Crippen molar-refractivity contribution in [2.24, 2.45) is 17.6 Å². The van der Waals surface area contributed by atoms with E-state index in [0.717, 1.165) is 0 Å². The van der Waals surface area contributed by atoms with Crippen LogP contribution in [0.4, 0.5) is 18.9 Å². The number of nitrogens with zero attached hydrogens (tertiary/aromatic N) is 1. The summed E-state index contributed by atoms with van der Waals surface area (Å²) in [4.78, 5) is 63.2. The SMILES string of the molecule is NC(=O)C1=C(O)C2(O)C(=O)C3=C(O)c4c(O)ccc(-c5ccc(NC(=O)C6CCCN6C(=O)C(F)(F)F)cc5)c4CC3CC2CC1=O. The fourth-order valence-electron chi connectivity index (χ4n) is 7.30. The Morgan fingerprint density at radius 1 is 1.00 bits per heavy atom. The van der Waals surface area contributed by atoms with Crippen LogP contribution in [0.15, 0.2) is 53.3 Å². The highest BCUT2D eigenvalue weighted by molar-refractivity contribution is 6.22. The van der Waals surface area contributed by atoms with Crippen molar-refractivity contribution in [1.82, 2.24) is 4.90 Å². The normalized spacial score (nSPS) is 25.7. The first-order valence-corrected chi connectivity index (χ1v) is 14.7. The van der Waals surface area contributed by atoms with Crippen LogP contribution in [0.1, 0.15) is 36.8 Å². The van der Waals surface area contributed by atoms with Crippen LogP contribution >= 0.6 is 0 Å². The average molecular weight is 656 g/mol. The number of amides is 3. The predicted octanol–water partition coefficient (Wildman–Crippen LogP) is 2.58. The number of alkyl halides is 3. The number of aliphatic hydroxyl groups is 3. The fourth-order valence-corrected chi connectivity index (χ4v) is 7.30. The second-order valence-corrected chi connectivity index (χ2v) is 12.1. The molecule has 1 heterocycles. The number of Topliss-reactive ketones (excluding diaryl/α,β-unsaturated/α-hetero) is 2. The van der Waals surface area contributed by atoms with Gasteiger partial charge in [0.05, 0.1) is 5.56 Å². The number of likely N-dealkylation sites (tertiary alicyclic amines) is 1. The Balaban J connectivity index is 1.30. The second-order valence-electron chi connectivity index (χ2n) is 12.1. The van der Waals surface area contributed by atoms with E-state index in [1.165, 1.54) is 18.2 Å². The highest BCUT2D eigenvalue weighted by Gasteiger charge is 2.60. The predicted molar refractivity (Wildman–Crippen MR) is 156 cm³/mol. The van der Waals surface area contributed by atoms with Gasteiger partial charge in [-0.2, -0.15) is 13.2 Å². The van der Waals surface area contributed by atoms with Crippen molar-refractivity contribution >= 4 is 40.7 Å². The van der Waals surface area contributed by atoms with Gasteiger partial charge in [0.1, 0.15) is 28.9 Å². The molecule has 0 radical (unpaired) electrons. The van der Waals surface area contributed by atoms with E-state index in [4.69, 9.17) is 5.73 Å². The van der Waals surface area contributed by atoms with Gasteiger partial charge in [-0.15, -0.1) is 0 Å². The number of aliphatic hydroxyl groups excluding tert-OH is 2. The Morgan fingerprint density at radius 3 is 2.32 bits per heavy atom. The Bertz CT molecular complexity index is 1830. The van der Waals surface area contributed by atoms with Crippen LogP contribution in [-0.2, 0) is 30.4 Å². The number of halogens is 3. The van der Waals surface area contributed by atoms with E-state index in [-0.39, 0.29) is 54.8 Å². The summed E-state index contributed by atoms with van der Waals surface area (Å²) in [6, 6.07) is 7.72. The largest absolute Gasteiger partial charge is 0.508 e. The standard InChI is InChI=1S/C32H28F3N3O9/c33-32(34,35)30(46)38-9-1-2-19(38)29(45)37-16-5-3-13(4-6-16)17-7-8-20(39)23-18(17)11-14-10-15-12-21(40)24(28(36)44)27(43)31(15,47)26(42)22(14)25(23)41/h3-8,14-15,19,39,41,43,47H,1-2,9-12H2,(H2,36,44)(H,37,45). The third kappa shape index (κ3) is 4.92. The van der Waals surface area contributed by atoms with Gasteiger partial charge in [-0.25, -0.2) is 0 Å². The molecule has 12 nitrogen and oxygen atoms in total. The molecular weight excluding hydrogens is 627 g/mol. The lowest BCUT2D eigenvalue weighted by Gasteiger charge is -2.46. The number of nitrogens with two attached hydrogens (primary N) is 1. The first kappa shape index (κ1) is 31.8. The molecule has 4 unspecified atom stereocenters. The molecule has 3 amide bonds. The molecule has 246 valence electrons. The molecule has 47 heavy (non-hydrogen) atoms. The van der Waals surface area contributed by atoms with E-state index in [1.807, 2.05) is 0 Å². The number of rotatable bonds is 4. The van der Waals surface area contributed by atoms with Gasteiger partial charge in [0.15, 0.2) is 11.4 Å². The number of anilines is 1. The number of phenolic OH excluding ortho intramolecular Hbond substituents is 1. The molecule has 1 saturated heterocycles. The molecule has 0 spiro atoms. The molecule has 4 atom stereocenters. The number of nitrogens with one attached hydrogen (secondary N) is 1. The van der Waals surface area contributed by atoms with Gasteiger partial charge in [-0.3, -0.25) is 24.0 Å². The van der Waals surface area contributed by atoms with Crippen molar-refractivity contribution in [2.45, 2.75) is 49.9 Å². The minimum Gasteiger partial charge on any atom is -0.508 e. The maximum atomic E-state index is 13.7. The zero-order valence-corrected chi connectivity index (χ0v) is 24.4. The lowest BCUT2D eigenvalue weighted by Crippen LogP contribution is -2.58. The van der Waals surface area contributed by atoms with Gasteiger partial charge < -0.3 is 36.4 Å². The number of aromatic hydroxyl groups is 1. The Kier molecular flexibility index (Phi) is 7.42. The van der Waals surface area contributed by atoms with Crippen LogP contribution in [0.3, 0.4) is 0 Å². The third-order valence-corrected chi connectivity index (χ3v) is 9.47. The Morgan fingerprint density at radius 2 is 1.68 bits per heavy atom. The van der Waals surface area contributed by atoms with Crippen molar-refractivity contribution in [3.63, 3.8) is 0 Å². The molecular formula is C32H28F3N3O9. The van der Waals surface area contributed by atoms with Gasteiger partial charge in [0, 0.05) is 30.1 Å². The zero-order chi connectivity index (χ0) is 34.2. The molecule has 7 N–H and O–H groups in total. The van der Waals surface area contributed by atoms with Crippen LogP contribution in [-0.4, -0.2) is 79.0 Å². The van der Waals surface area contributed by atoms with E-state index < -0.39 is 82.5 Å². The number of hydrogen-bond donors (Lipinski definition) is 6. The van der Waals surface area contributed by atoms with Gasteiger partial charge >= 0.3 is 12.1 Å². The highest BCUT2D eigenvalue weighted by Crippen LogP contribution is 2.53. The maximum Gasteiger partial charge on any atom is 0.471 e. The summed E-state index contributed by atoms with van der Waals surface area (Å²) in [7, 11) is 0. The van der Waals surface area contributed by atoms with Crippen molar-refractivity contribution in [3.05, 3.63) is 64.4 Å². The van der Waals surface area contributed by atoms with Gasteiger partial charge in [0.25, 0.3) is 5.91 Å². The molecule has 0 bridgehead atoms. The topological polar surface area (TPSA) is 208 Å². The lowest BCUT2D eigenvalue weighted by atomic mass is 9.59. The van der Waals surface area contributed by atoms with E-state index in [1.54, 1.807) is 18.2 Å². The first-order chi connectivity index (χ1) is 22.0. The van der Waals surface area contributed by atoms with Crippen LogP contribution in [0.2, 0.25) is 0 Å². The van der Waals surface area contributed by atoms with Crippen molar-refractivity contribution in [3.8, 4) is 16.9 Å². The molecule has 1 saturated carbocycles. The number of carbonyl (C=O) groups excluding carboxylic acids is 5. The molecule has 15 heteroatoms. The number of benzene rings is 2. The monoisotopic (exact) mass is 655 g/mol. The minimum absolute atomic E-state index is 0.0436. The number of ketones is 2. The van der Waals surface area contributed by atoms with E-state index in [9.17, 15) is 57.6 Å². The fraction of sp³-hybridized carbons (Fsp3) is 0.344. The lowest BCUT2D eigenvalue weighted by molar-refractivity contribution is -0.186. The number of fused-ring (bicyclic) bond motifs is 3. The summed E-state index contributed by atoms with van der Waals surface area (Å²) in [6.07, 6.45) is -5.22. The number of hydrogen-bond acceptors (Lipinski definition) is 9. The van der Waals surface area contributed by atoms with Crippen LogP contribution in [0.25, 0.3) is 16.9 Å². The summed E-state index contributed by atoms with van der Waals surface area (Å²) in [5.74, 6) is -10.2. The number of primary amides is 1. The maximum absolute atomic E-state index is 13.7. The summed E-state index contributed by atoms with van der Waals surface area (Å²) < 4.78 is 39.0. The molecule has 0 aromatic heterocycles. The molecule has 2 aromatic carbocycles. The van der Waals surface area contributed by atoms with Crippen molar-refractivity contribution < 1.29 is 57.6 Å². The Hall–Kier alpha value is -5.18.